The summed E-state index contributed by atoms with van der Waals surface area (Å²) in [5, 5.41) is 17.3. The van der Waals surface area contributed by atoms with Gasteiger partial charge in [-0.1, -0.05) is 51.7 Å². The summed E-state index contributed by atoms with van der Waals surface area (Å²) in [5.41, 5.74) is 0.590. The molecule has 0 aromatic rings. The van der Waals surface area contributed by atoms with Crippen molar-refractivity contribution < 1.29 is 19.8 Å². The lowest BCUT2D eigenvalue weighted by Gasteiger charge is -2.03. The SMILES string of the molecule is C=C(CCCCCCCCCCC(=C)C(=O)O)C(=O)O. The van der Waals surface area contributed by atoms with E-state index in [1.165, 1.54) is 0 Å². The zero-order valence-electron chi connectivity index (χ0n) is 12.2. The summed E-state index contributed by atoms with van der Waals surface area (Å²) in [6.07, 6.45) is 9.57. The number of carboxylic acids is 2. The van der Waals surface area contributed by atoms with Crippen molar-refractivity contribution in [1.82, 2.24) is 0 Å². The molecule has 0 saturated heterocycles. The molecule has 2 N–H and O–H groups in total. The lowest BCUT2D eigenvalue weighted by molar-refractivity contribution is -0.133. The molecule has 0 heterocycles. The van der Waals surface area contributed by atoms with Crippen LogP contribution in [0.5, 0.6) is 0 Å². The van der Waals surface area contributed by atoms with E-state index in [-0.39, 0.29) is 0 Å². The van der Waals surface area contributed by atoms with Crippen LogP contribution in [0.4, 0.5) is 0 Å². The standard InChI is InChI=1S/C16H26O4/c1-13(15(17)18)11-9-7-5-3-4-6-8-10-12-14(2)16(19)20/h1-12H2,(H,17,18)(H,19,20). The molecule has 0 bridgehead atoms. The summed E-state index contributed by atoms with van der Waals surface area (Å²) in [6, 6.07) is 0. The monoisotopic (exact) mass is 282 g/mol. The average Bonchev–Trinajstić information content (AvgIpc) is 2.39. The number of hydrogen-bond acceptors (Lipinski definition) is 2. The minimum absolute atomic E-state index is 0.295. The molecule has 0 saturated carbocycles. The Labute approximate surface area is 121 Å². The Balaban J connectivity index is 3.25. The van der Waals surface area contributed by atoms with E-state index in [4.69, 9.17) is 10.2 Å². The maximum atomic E-state index is 10.5. The fourth-order valence-electron chi connectivity index (χ4n) is 1.95. The summed E-state index contributed by atoms with van der Waals surface area (Å²) in [4.78, 5) is 21.0. The molecule has 20 heavy (non-hydrogen) atoms. The third-order valence-electron chi connectivity index (χ3n) is 3.31. The van der Waals surface area contributed by atoms with Gasteiger partial charge < -0.3 is 10.2 Å². The molecular formula is C16H26O4. The first-order chi connectivity index (χ1) is 9.45. The topological polar surface area (TPSA) is 74.6 Å². The van der Waals surface area contributed by atoms with Gasteiger partial charge in [0.1, 0.15) is 0 Å². The van der Waals surface area contributed by atoms with Crippen LogP contribution in [0.2, 0.25) is 0 Å². The Bertz CT molecular complexity index is 310. The minimum atomic E-state index is -0.895. The first-order valence-corrected chi connectivity index (χ1v) is 7.27. The maximum absolute atomic E-state index is 10.5. The van der Waals surface area contributed by atoms with Gasteiger partial charge >= 0.3 is 11.9 Å². The van der Waals surface area contributed by atoms with Gasteiger partial charge in [0, 0.05) is 11.1 Å². The van der Waals surface area contributed by atoms with Crippen molar-refractivity contribution >= 4 is 11.9 Å². The highest BCUT2D eigenvalue weighted by molar-refractivity contribution is 5.85. The first kappa shape index (κ1) is 18.4. The van der Waals surface area contributed by atoms with E-state index < -0.39 is 11.9 Å². The molecule has 114 valence electrons. The zero-order chi connectivity index (χ0) is 15.4. The van der Waals surface area contributed by atoms with Crippen molar-refractivity contribution in [2.24, 2.45) is 0 Å². The molecule has 0 spiro atoms. The van der Waals surface area contributed by atoms with E-state index in [1.54, 1.807) is 0 Å². The molecule has 0 aromatic heterocycles. The summed E-state index contributed by atoms with van der Waals surface area (Å²) >= 11 is 0. The highest BCUT2D eigenvalue weighted by Gasteiger charge is 2.03. The average molecular weight is 282 g/mol. The van der Waals surface area contributed by atoms with Crippen molar-refractivity contribution in [2.45, 2.75) is 64.2 Å². The zero-order valence-corrected chi connectivity index (χ0v) is 12.2. The van der Waals surface area contributed by atoms with E-state index in [1.807, 2.05) is 0 Å². The highest BCUT2D eigenvalue weighted by Crippen LogP contribution is 2.13. The second-order valence-corrected chi connectivity index (χ2v) is 5.15. The summed E-state index contributed by atoms with van der Waals surface area (Å²) < 4.78 is 0. The molecule has 0 atom stereocenters. The van der Waals surface area contributed by atoms with Crippen LogP contribution in [0.3, 0.4) is 0 Å². The van der Waals surface area contributed by atoms with E-state index in [9.17, 15) is 9.59 Å². The Morgan fingerprint density at radius 2 is 0.850 bits per heavy atom. The fraction of sp³-hybridized carbons (Fsp3) is 0.625. The molecule has 0 aromatic carbocycles. The quantitative estimate of drug-likeness (QED) is 0.393. The first-order valence-electron chi connectivity index (χ1n) is 7.27. The van der Waals surface area contributed by atoms with Crippen LogP contribution < -0.4 is 0 Å². The van der Waals surface area contributed by atoms with Crippen molar-refractivity contribution in [3.63, 3.8) is 0 Å². The van der Waals surface area contributed by atoms with Crippen LogP contribution in [-0.2, 0) is 9.59 Å². The molecule has 0 fully saturated rings. The van der Waals surface area contributed by atoms with E-state index in [2.05, 4.69) is 13.2 Å². The predicted octanol–water partition coefficient (Wildman–Crippen LogP) is 4.17. The number of aliphatic carboxylic acids is 2. The molecule has 0 aliphatic heterocycles. The number of carboxylic acid groups (broad SMARTS) is 2. The van der Waals surface area contributed by atoms with Gasteiger partial charge in [0.2, 0.25) is 0 Å². The van der Waals surface area contributed by atoms with Gasteiger partial charge in [-0.2, -0.15) is 0 Å². The van der Waals surface area contributed by atoms with Gasteiger partial charge in [-0.3, -0.25) is 0 Å². The van der Waals surface area contributed by atoms with Crippen LogP contribution in [-0.4, -0.2) is 22.2 Å². The molecule has 0 aliphatic carbocycles. The van der Waals surface area contributed by atoms with Gasteiger partial charge in [-0.25, -0.2) is 9.59 Å². The lowest BCUT2D eigenvalue weighted by Crippen LogP contribution is -1.98. The van der Waals surface area contributed by atoms with Crippen LogP contribution in [0.1, 0.15) is 64.2 Å². The Morgan fingerprint density at radius 3 is 1.10 bits per heavy atom. The Morgan fingerprint density at radius 1 is 0.600 bits per heavy atom. The van der Waals surface area contributed by atoms with Crippen molar-refractivity contribution in [1.29, 1.82) is 0 Å². The summed E-state index contributed by atoms with van der Waals surface area (Å²) in [5.74, 6) is -1.79. The van der Waals surface area contributed by atoms with Crippen molar-refractivity contribution in [2.75, 3.05) is 0 Å². The van der Waals surface area contributed by atoms with Crippen LogP contribution >= 0.6 is 0 Å². The van der Waals surface area contributed by atoms with Gasteiger partial charge in [0.25, 0.3) is 0 Å². The largest absolute Gasteiger partial charge is 0.478 e. The van der Waals surface area contributed by atoms with Crippen LogP contribution in [0.15, 0.2) is 24.3 Å². The highest BCUT2D eigenvalue weighted by atomic mass is 16.4. The lowest BCUT2D eigenvalue weighted by atomic mass is 10.0. The van der Waals surface area contributed by atoms with Gasteiger partial charge in [0.05, 0.1) is 0 Å². The molecule has 4 nitrogen and oxygen atoms in total. The molecule has 0 aliphatic rings. The second-order valence-electron chi connectivity index (χ2n) is 5.15. The molecule has 0 radical (unpaired) electrons. The summed E-state index contributed by atoms with van der Waals surface area (Å²) in [6.45, 7) is 7.00. The fourth-order valence-corrected chi connectivity index (χ4v) is 1.95. The van der Waals surface area contributed by atoms with Gasteiger partial charge in [-0.05, 0) is 25.7 Å². The smallest absolute Gasteiger partial charge is 0.330 e. The van der Waals surface area contributed by atoms with Crippen LogP contribution in [0, 0.1) is 0 Å². The van der Waals surface area contributed by atoms with Crippen molar-refractivity contribution in [3.05, 3.63) is 24.3 Å². The summed E-state index contributed by atoms with van der Waals surface area (Å²) in [7, 11) is 0. The van der Waals surface area contributed by atoms with Crippen molar-refractivity contribution in [3.8, 4) is 0 Å². The van der Waals surface area contributed by atoms with Gasteiger partial charge in [0.15, 0.2) is 0 Å². The molecule has 0 unspecified atom stereocenters. The minimum Gasteiger partial charge on any atom is -0.478 e. The Kier molecular flexibility index (Phi) is 10.4. The number of hydrogen-bond donors (Lipinski definition) is 2. The molecular weight excluding hydrogens is 256 g/mol. The number of unbranched alkanes of at least 4 members (excludes halogenated alkanes) is 7. The molecule has 0 amide bonds. The van der Waals surface area contributed by atoms with E-state index >= 15 is 0 Å². The Hall–Kier alpha value is -1.58. The molecule has 0 rings (SSSR count). The molecule has 4 heteroatoms. The third kappa shape index (κ3) is 10.4. The number of rotatable bonds is 13. The third-order valence-corrected chi connectivity index (χ3v) is 3.31. The van der Waals surface area contributed by atoms with E-state index in [0.29, 0.717) is 24.0 Å². The number of carbonyl (C=O) groups is 2. The second kappa shape index (κ2) is 11.3. The maximum Gasteiger partial charge on any atom is 0.330 e. The van der Waals surface area contributed by atoms with Crippen LogP contribution in [0.25, 0.3) is 0 Å². The predicted molar refractivity (Wildman–Crippen MR) is 79.7 cm³/mol. The van der Waals surface area contributed by atoms with E-state index in [0.717, 1.165) is 51.4 Å². The van der Waals surface area contributed by atoms with Gasteiger partial charge in [-0.15, -0.1) is 0 Å². The normalized spacial score (nSPS) is 10.2.